The number of benzene rings is 1. The van der Waals surface area contributed by atoms with Gasteiger partial charge in [0.25, 0.3) is 0 Å². The van der Waals surface area contributed by atoms with Crippen LogP contribution in [0.1, 0.15) is 5.56 Å². The molecule has 0 radical (unpaired) electrons. The molecule has 8 heteroatoms. The topological polar surface area (TPSA) is 53.7 Å². The van der Waals surface area contributed by atoms with Crippen molar-refractivity contribution in [3.8, 4) is 11.5 Å². The molecule has 1 aliphatic rings. The lowest BCUT2D eigenvalue weighted by atomic mass is 10.1. The molecule has 0 spiro atoms. The van der Waals surface area contributed by atoms with Crippen molar-refractivity contribution in [1.82, 2.24) is 0 Å². The van der Waals surface area contributed by atoms with Crippen molar-refractivity contribution in [1.29, 1.82) is 0 Å². The highest BCUT2D eigenvalue weighted by atomic mass is 19.3. The molecule has 0 atom stereocenters. The third kappa shape index (κ3) is 2.21. The second kappa shape index (κ2) is 4.29. The molecular formula is C10H9F4NO3. The van der Waals surface area contributed by atoms with Crippen LogP contribution in [-0.4, -0.2) is 18.8 Å². The zero-order chi connectivity index (χ0) is 13.4. The van der Waals surface area contributed by atoms with Gasteiger partial charge in [-0.1, -0.05) is 6.07 Å². The van der Waals surface area contributed by atoms with E-state index in [1.807, 2.05) is 0 Å². The molecule has 1 heterocycles. The van der Waals surface area contributed by atoms with Gasteiger partial charge in [-0.15, -0.1) is 0 Å². The van der Waals surface area contributed by atoms with Crippen LogP contribution in [0.3, 0.4) is 0 Å². The number of ether oxygens (including phenoxy) is 2. The molecule has 1 aromatic rings. The van der Waals surface area contributed by atoms with Crippen LogP contribution in [0.25, 0.3) is 0 Å². The summed E-state index contributed by atoms with van der Waals surface area (Å²) in [7, 11) is 0. The number of halogens is 4. The standard InChI is InChI=1S/C10H9F4NO3/c11-9(12)10(13,14)18-8-5-6(3-4-16-15)1-2-7(8)17-9/h1-2,5H,3-4,15H2. The first-order valence-electron chi connectivity index (χ1n) is 4.94. The smallest absolute Gasteiger partial charge is 0.421 e. The Balaban J connectivity index is 2.27. The highest BCUT2D eigenvalue weighted by Crippen LogP contribution is 2.46. The second-order valence-electron chi connectivity index (χ2n) is 3.64. The van der Waals surface area contributed by atoms with Gasteiger partial charge in [-0.3, -0.25) is 0 Å². The van der Waals surface area contributed by atoms with Gasteiger partial charge in [-0.2, -0.15) is 17.6 Å². The van der Waals surface area contributed by atoms with Crippen LogP contribution < -0.4 is 15.4 Å². The highest BCUT2D eigenvalue weighted by Gasteiger charge is 2.65. The van der Waals surface area contributed by atoms with Crippen molar-refractivity contribution >= 4 is 0 Å². The molecule has 18 heavy (non-hydrogen) atoms. The normalized spacial score (nSPS) is 19.6. The fourth-order valence-corrected chi connectivity index (χ4v) is 1.44. The first kappa shape index (κ1) is 12.9. The van der Waals surface area contributed by atoms with Crippen LogP contribution >= 0.6 is 0 Å². The van der Waals surface area contributed by atoms with E-state index >= 15 is 0 Å². The van der Waals surface area contributed by atoms with Crippen LogP contribution in [0.4, 0.5) is 17.6 Å². The van der Waals surface area contributed by atoms with Crippen LogP contribution in [-0.2, 0) is 11.3 Å². The SMILES string of the molecule is NOCCc1ccc2c(c1)OC(F)(F)C(F)(F)O2. The number of rotatable bonds is 3. The van der Waals surface area contributed by atoms with Crippen LogP contribution in [0, 0.1) is 0 Å². The molecule has 0 saturated carbocycles. The average Bonchev–Trinajstić information content (AvgIpc) is 2.27. The Morgan fingerprint density at radius 3 is 2.28 bits per heavy atom. The molecule has 4 nitrogen and oxygen atoms in total. The second-order valence-corrected chi connectivity index (χ2v) is 3.64. The van der Waals surface area contributed by atoms with Crippen molar-refractivity contribution < 1.29 is 31.9 Å². The summed E-state index contributed by atoms with van der Waals surface area (Å²) in [5.74, 6) is 3.93. The van der Waals surface area contributed by atoms with Crippen LogP contribution in [0.5, 0.6) is 11.5 Å². The molecule has 0 amide bonds. The van der Waals surface area contributed by atoms with E-state index in [1.54, 1.807) is 0 Å². The maximum absolute atomic E-state index is 12.9. The minimum atomic E-state index is -4.71. The zero-order valence-electron chi connectivity index (χ0n) is 8.96. The van der Waals surface area contributed by atoms with Gasteiger partial charge in [-0.05, 0) is 24.1 Å². The zero-order valence-corrected chi connectivity index (χ0v) is 8.96. The molecule has 0 unspecified atom stereocenters. The van der Waals surface area contributed by atoms with Crippen molar-refractivity contribution in [2.45, 2.75) is 18.6 Å². The van der Waals surface area contributed by atoms with Crippen molar-refractivity contribution in [3.63, 3.8) is 0 Å². The molecule has 2 N–H and O–H groups in total. The predicted octanol–water partition coefficient (Wildman–Crippen LogP) is 2.08. The van der Waals surface area contributed by atoms with Gasteiger partial charge in [0, 0.05) is 0 Å². The lowest BCUT2D eigenvalue weighted by Gasteiger charge is -2.31. The summed E-state index contributed by atoms with van der Waals surface area (Å²) in [5.41, 5.74) is 0.545. The maximum Gasteiger partial charge on any atom is 0.507 e. The third-order valence-corrected chi connectivity index (χ3v) is 2.33. The number of hydrogen-bond donors (Lipinski definition) is 1. The molecule has 100 valence electrons. The largest absolute Gasteiger partial charge is 0.507 e. The summed E-state index contributed by atoms with van der Waals surface area (Å²) in [6.07, 6.45) is -9.07. The van der Waals surface area contributed by atoms with E-state index in [0.29, 0.717) is 12.0 Å². The molecular weight excluding hydrogens is 258 g/mol. The fraction of sp³-hybridized carbons (Fsp3) is 0.400. The maximum atomic E-state index is 12.9. The van der Waals surface area contributed by atoms with Crippen LogP contribution in [0.15, 0.2) is 18.2 Å². The quantitative estimate of drug-likeness (QED) is 0.673. The van der Waals surface area contributed by atoms with Crippen LogP contribution in [0.2, 0.25) is 0 Å². The van der Waals surface area contributed by atoms with E-state index in [-0.39, 0.29) is 6.61 Å². The number of fused-ring (bicyclic) bond motifs is 1. The summed E-state index contributed by atoms with van der Waals surface area (Å²) < 4.78 is 59.4. The summed E-state index contributed by atoms with van der Waals surface area (Å²) in [6, 6.07) is 3.74. The highest BCUT2D eigenvalue weighted by molar-refractivity contribution is 5.44. The summed E-state index contributed by atoms with van der Waals surface area (Å²) >= 11 is 0. The van der Waals surface area contributed by atoms with E-state index in [4.69, 9.17) is 5.90 Å². The molecule has 0 saturated heterocycles. The van der Waals surface area contributed by atoms with E-state index in [2.05, 4.69) is 14.3 Å². The Kier molecular flexibility index (Phi) is 3.07. The monoisotopic (exact) mass is 267 g/mol. The van der Waals surface area contributed by atoms with E-state index in [9.17, 15) is 17.6 Å². The Hall–Kier alpha value is -1.54. The first-order chi connectivity index (χ1) is 8.36. The minimum Gasteiger partial charge on any atom is -0.421 e. The summed E-state index contributed by atoms with van der Waals surface area (Å²) in [5, 5.41) is 0. The molecule has 0 aromatic heterocycles. The Bertz CT molecular complexity index is 453. The van der Waals surface area contributed by atoms with E-state index in [1.165, 1.54) is 12.1 Å². The molecule has 0 aliphatic carbocycles. The number of nitrogens with two attached hydrogens (primary N) is 1. The van der Waals surface area contributed by atoms with Crippen molar-refractivity contribution in [2.75, 3.05) is 6.61 Å². The number of hydrogen-bond acceptors (Lipinski definition) is 4. The van der Waals surface area contributed by atoms with Gasteiger partial charge in [0.2, 0.25) is 0 Å². The lowest BCUT2D eigenvalue weighted by Crippen LogP contribution is -2.52. The Morgan fingerprint density at radius 1 is 1.06 bits per heavy atom. The molecule has 0 bridgehead atoms. The van der Waals surface area contributed by atoms with Gasteiger partial charge in [0.15, 0.2) is 11.5 Å². The third-order valence-electron chi connectivity index (χ3n) is 2.33. The molecule has 0 fully saturated rings. The first-order valence-corrected chi connectivity index (χ1v) is 4.94. The summed E-state index contributed by atoms with van der Waals surface area (Å²) in [6.45, 7) is 0.159. The Labute approximate surface area is 99.2 Å². The number of alkyl halides is 4. The predicted molar refractivity (Wildman–Crippen MR) is 51.4 cm³/mol. The lowest BCUT2D eigenvalue weighted by molar-refractivity contribution is -0.391. The van der Waals surface area contributed by atoms with Crippen molar-refractivity contribution in [3.05, 3.63) is 23.8 Å². The molecule has 1 aliphatic heterocycles. The fourth-order valence-electron chi connectivity index (χ4n) is 1.44. The minimum absolute atomic E-state index is 0.159. The van der Waals surface area contributed by atoms with Gasteiger partial charge in [0.05, 0.1) is 6.61 Å². The molecule has 2 rings (SSSR count). The molecule has 1 aromatic carbocycles. The van der Waals surface area contributed by atoms with Gasteiger partial charge < -0.3 is 14.3 Å². The van der Waals surface area contributed by atoms with E-state index < -0.39 is 23.7 Å². The van der Waals surface area contributed by atoms with Gasteiger partial charge >= 0.3 is 12.2 Å². The Morgan fingerprint density at radius 2 is 1.67 bits per heavy atom. The van der Waals surface area contributed by atoms with E-state index in [0.717, 1.165) is 6.07 Å². The van der Waals surface area contributed by atoms with Crippen molar-refractivity contribution in [2.24, 2.45) is 5.90 Å². The van der Waals surface area contributed by atoms with Gasteiger partial charge in [0.1, 0.15) is 0 Å². The van der Waals surface area contributed by atoms with Gasteiger partial charge in [-0.25, -0.2) is 5.90 Å². The summed E-state index contributed by atoms with van der Waals surface area (Å²) in [4.78, 5) is 4.32. The average molecular weight is 267 g/mol.